The lowest BCUT2D eigenvalue weighted by Gasteiger charge is -2.06. The zero-order valence-electron chi connectivity index (χ0n) is 15.1. The fourth-order valence-electron chi connectivity index (χ4n) is 2.97. The van der Waals surface area contributed by atoms with E-state index in [1.54, 1.807) is 0 Å². The molecule has 1 heterocycles. The van der Waals surface area contributed by atoms with E-state index in [-0.39, 0.29) is 25.5 Å². The van der Waals surface area contributed by atoms with Crippen LogP contribution in [0.5, 0.6) is 5.75 Å². The van der Waals surface area contributed by atoms with E-state index >= 15 is 0 Å². The van der Waals surface area contributed by atoms with Gasteiger partial charge in [-0.3, -0.25) is 4.79 Å². The van der Waals surface area contributed by atoms with E-state index in [0.717, 1.165) is 21.9 Å². The number of hydrogen-bond acceptors (Lipinski definition) is 4. The van der Waals surface area contributed by atoms with Crippen LogP contribution in [0.1, 0.15) is 5.69 Å². The predicted octanol–water partition coefficient (Wildman–Crippen LogP) is 3.72. The van der Waals surface area contributed by atoms with Crippen LogP contribution in [0.4, 0.5) is 0 Å². The van der Waals surface area contributed by atoms with E-state index < -0.39 is 0 Å². The molecule has 0 aliphatic heterocycles. The van der Waals surface area contributed by atoms with Crippen LogP contribution in [0.2, 0.25) is 0 Å². The first-order chi connectivity index (χ1) is 13.8. The Kier molecular flexibility index (Phi) is 5.21. The Morgan fingerprint density at radius 2 is 1.75 bits per heavy atom. The van der Waals surface area contributed by atoms with Gasteiger partial charge in [-0.15, -0.1) is 0 Å². The predicted molar refractivity (Wildman–Crippen MR) is 108 cm³/mol. The number of benzene rings is 3. The minimum absolute atomic E-state index is 0.150. The van der Waals surface area contributed by atoms with Crippen LogP contribution < -0.4 is 10.1 Å². The number of nitrogens with one attached hydrogen (secondary N) is 1. The molecule has 0 bridgehead atoms. The maximum Gasteiger partial charge on any atom is 0.226 e. The third kappa shape index (κ3) is 3.97. The van der Waals surface area contributed by atoms with E-state index in [4.69, 9.17) is 9.26 Å². The quantitative estimate of drug-likeness (QED) is 0.544. The topological polar surface area (TPSA) is 64.4 Å². The van der Waals surface area contributed by atoms with E-state index in [2.05, 4.69) is 22.3 Å². The highest BCUT2D eigenvalue weighted by molar-refractivity contribution is 5.88. The Morgan fingerprint density at radius 3 is 2.68 bits per heavy atom. The zero-order chi connectivity index (χ0) is 19.2. The molecule has 28 heavy (non-hydrogen) atoms. The van der Waals surface area contributed by atoms with Gasteiger partial charge in [0.2, 0.25) is 5.91 Å². The van der Waals surface area contributed by atoms with Crippen LogP contribution in [-0.4, -0.2) is 24.2 Å². The molecule has 1 aromatic heterocycles. The number of para-hydroxylation sites is 1. The summed E-state index contributed by atoms with van der Waals surface area (Å²) in [5.41, 5.74) is 1.30. The molecule has 5 nitrogen and oxygen atoms in total. The van der Waals surface area contributed by atoms with Gasteiger partial charge in [0.05, 0.1) is 13.0 Å². The summed E-state index contributed by atoms with van der Waals surface area (Å²) >= 11 is 0. The Bertz CT molecular complexity index is 1180. The monoisotopic (exact) mass is 370 g/mol. The Morgan fingerprint density at radius 1 is 0.964 bits per heavy atom. The summed E-state index contributed by atoms with van der Waals surface area (Å²) in [4.78, 5) is 12.1. The number of fused-ring (bicyclic) bond motifs is 2. The summed E-state index contributed by atoms with van der Waals surface area (Å²) in [5, 5.41) is 9.76. The number of carbonyl (C=O) groups excluding carboxylic acids is 1. The normalized spacial score (nSPS) is 10.4. The Hall–Kier alpha value is -3.78. The van der Waals surface area contributed by atoms with Crippen LogP contribution in [-0.2, 0) is 11.2 Å². The standard InChI is InChI=1S/C23H18N2O3/c26-23(16-20-19-11-3-4-12-22(19)28-25-20)24-14-5-6-15-27-21-13-7-9-17-8-1-2-10-18(17)21/h1-4,7-13H,14-16H2,(H,24,26). The number of aromatic nitrogens is 1. The fourth-order valence-corrected chi connectivity index (χ4v) is 2.97. The van der Waals surface area contributed by atoms with Gasteiger partial charge in [-0.25, -0.2) is 0 Å². The smallest absolute Gasteiger partial charge is 0.226 e. The third-order valence-electron chi connectivity index (χ3n) is 4.33. The molecule has 3 aromatic carbocycles. The first kappa shape index (κ1) is 17.6. The zero-order valence-corrected chi connectivity index (χ0v) is 15.1. The van der Waals surface area contributed by atoms with Gasteiger partial charge in [-0.2, -0.15) is 0 Å². The molecule has 0 unspecified atom stereocenters. The Labute approximate surface area is 162 Å². The highest BCUT2D eigenvalue weighted by Gasteiger charge is 2.11. The number of carbonyl (C=O) groups is 1. The number of nitrogens with zero attached hydrogens (tertiary/aromatic N) is 1. The molecule has 5 heteroatoms. The van der Waals surface area contributed by atoms with Crippen molar-refractivity contribution < 1.29 is 14.1 Å². The van der Waals surface area contributed by atoms with Crippen molar-refractivity contribution >= 4 is 27.6 Å². The largest absolute Gasteiger partial charge is 0.480 e. The minimum atomic E-state index is -0.150. The second kappa shape index (κ2) is 8.28. The SMILES string of the molecule is O=C(Cc1noc2ccccc12)NCC#CCOc1cccc2ccccc12. The molecule has 0 fully saturated rings. The first-order valence-electron chi connectivity index (χ1n) is 8.97. The Balaban J connectivity index is 1.26. The van der Waals surface area contributed by atoms with Gasteiger partial charge >= 0.3 is 0 Å². The third-order valence-corrected chi connectivity index (χ3v) is 4.33. The van der Waals surface area contributed by atoms with Crippen LogP contribution in [0.15, 0.2) is 71.3 Å². The number of rotatable bonds is 5. The van der Waals surface area contributed by atoms with E-state index in [0.29, 0.717) is 11.3 Å². The van der Waals surface area contributed by atoms with Crippen molar-refractivity contribution in [1.29, 1.82) is 0 Å². The molecule has 0 aliphatic rings. The van der Waals surface area contributed by atoms with Gasteiger partial charge in [0, 0.05) is 10.8 Å². The fraction of sp³-hybridized carbons (Fsp3) is 0.130. The van der Waals surface area contributed by atoms with Gasteiger partial charge in [0.15, 0.2) is 5.58 Å². The first-order valence-corrected chi connectivity index (χ1v) is 8.97. The highest BCUT2D eigenvalue weighted by Crippen LogP contribution is 2.24. The van der Waals surface area contributed by atoms with Gasteiger partial charge in [-0.1, -0.05) is 65.5 Å². The van der Waals surface area contributed by atoms with Crippen molar-refractivity contribution in [3.05, 3.63) is 72.4 Å². The molecule has 4 rings (SSSR count). The molecular weight excluding hydrogens is 352 g/mol. The van der Waals surface area contributed by atoms with Gasteiger partial charge in [0.25, 0.3) is 0 Å². The van der Waals surface area contributed by atoms with Crippen molar-refractivity contribution in [2.45, 2.75) is 6.42 Å². The molecular formula is C23H18N2O3. The second-order valence-corrected chi connectivity index (χ2v) is 6.20. The summed E-state index contributed by atoms with van der Waals surface area (Å²) in [6, 6.07) is 21.4. The highest BCUT2D eigenvalue weighted by atomic mass is 16.5. The van der Waals surface area contributed by atoms with E-state index in [1.807, 2.05) is 66.7 Å². The molecule has 4 aromatic rings. The van der Waals surface area contributed by atoms with Crippen LogP contribution in [0.3, 0.4) is 0 Å². The average molecular weight is 370 g/mol. The van der Waals surface area contributed by atoms with Crippen molar-refractivity contribution in [3.8, 4) is 17.6 Å². The maximum atomic E-state index is 12.1. The minimum Gasteiger partial charge on any atom is -0.480 e. The summed E-state index contributed by atoms with van der Waals surface area (Å²) in [7, 11) is 0. The molecule has 0 spiro atoms. The molecule has 0 saturated carbocycles. The van der Waals surface area contributed by atoms with Crippen molar-refractivity contribution in [2.75, 3.05) is 13.2 Å². The van der Waals surface area contributed by atoms with Crippen molar-refractivity contribution in [2.24, 2.45) is 0 Å². The molecule has 0 saturated heterocycles. The lowest BCUT2D eigenvalue weighted by atomic mass is 10.1. The van der Waals surface area contributed by atoms with Crippen LogP contribution in [0, 0.1) is 11.8 Å². The van der Waals surface area contributed by atoms with E-state index in [1.165, 1.54) is 0 Å². The lowest BCUT2D eigenvalue weighted by Crippen LogP contribution is -2.25. The average Bonchev–Trinajstić information content (AvgIpc) is 3.13. The summed E-state index contributed by atoms with van der Waals surface area (Å²) in [5.74, 6) is 6.47. The van der Waals surface area contributed by atoms with Crippen LogP contribution >= 0.6 is 0 Å². The number of ether oxygens (including phenoxy) is 1. The number of amides is 1. The molecule has 138 valence electrons. The van der Waals surface area contributed by atoms with Crippen molar-refractivity contribution in [1.82, 2.24) is 10.5 Å². The maximum absolute atomic E-state index is 12.1. The van der Waals surface area contributed by atoms with Gasteiger partial charge < -0.3 is 14.6 Å². The van der Waals surface area contributed by atoms with Crippen LogP contribution in [0.25, 0.3) is 21.7 Å². The lowest BCUT2D eigenvalue weighted by molar-refractivity contribution is -0.120. The molecule has 1 amide bonds. The summed E-state index contributed by atoms with van der Waals surface area (Å²) in [6.07, 6.45) is 0.158. The molecule has 0 aliphatic carbocycles. The summed E-state index contributed by atoms with van der Waals surface area (Å²) < 4.78 is 11.0. The van der Waals surface area contributed by atoms with E-state index in [9.17, 15) is 4.79 Å². The van der Waals surface area contributed by atoms with Gasteiger partial charge in [-0.05, 0) is 23.6 Å². The summed E-state index contributed by atoms with van der Waals surface area (Å²) in [6.45, 7) is 0.519. The molecule has 1 N–H and O–H groups in total. The second-order valence-electron chi connectivity index (χ2n) is 6.20. The molecule has 0 radical (unpaired) electrons. The molecule has 0 atom stereocenters. The number of hydrogen-bond donors (Lipinski definition) is 1. The van der Waals surface area contributed by atoms with Gasteiger partial charge in [0.1, 0.15) is 18.1 Å². The van der Waals surface area contributed by atoms with Crippen molar-refractivity contribution in [3.63, 3.8) is 0 Å².